The van der Waals surface area contributed by atoms with Crippen LogP contribution < -0.4 is 5.32 Å². The van der Waals surface area contributed by atoms with E-state index in [0.717, 1.165) is 51.9 Å². The maximum absolute atomic E-state index is 13.1. The predicted octanol–water partition coefficient (Wildman–Crippen LogP) is 4.27. The number of nitrogens with one attached hydrogen (secondary N) is 1. The van der Waals surface area contributed by atoms with Gasteiger partial charge in [0.05, 0.1) is 5.41 Å². The zero-order valence-corrected chi connectivity index (χ0v) is 15.9. The summed E-state index contributed by atoms with van der Waals surface area (Å²) in [5.41, 5.74) is 3.53. The van der Waals surface area contributed by atoms with Gasteiger partial charge in [-0.15, -0.1) is 12.4 Å². The van der Waals surface area contributed by atoms with E-state index in [1.54, 1.807) is 0 Å². The summed E-state index contributed by atoms with van der Waals surface area (Å²) in [6.07, 6.45) is 4.32. The van der Waals surface area contributed by atoms with Crippen molar-refractivity contribution in [1.29, 1.82) is 0 Å². The Balaban J connectivity index is 0.00000196. The lowest BCUT2D eigenvalue weighted by Gasteiger charge is -2.44. The first-order valence-corrected chi connectivity index (χ1v) is 9.41. The monoisotopic (exact) mass is 370 g/mol. The van der Waals surface area contributed by atoms with E-state index in [0.29, 0.717) is 5.91 Å². The Morgan fingerprint density at radius 2 is 1.62 bits per heavy atom. The fraction of sp³-hybridized carbons (Fsp3) is 0.409. The molecule has 1 N–H and O–H groups in total. The van der Waals surface area contributed by atoms with Crippen molar-refractivity contribution in [3.63, 3.8) is 0 Å². The van der Waals surface area contributed by atoms with Crippen LogP contribution in [0.1, 0.15) is 31.2 Å². The van der Waals surface area contributed by atoms with Crippen molar-refractivity contribution in [2.75, 3.05) is 19.6 Å². The van der Waals surface area contributed by atoms with E-state index in [9.17, 15) is 4.79 Å². The van der Waals surface area contributed by atoms with Crippen LogP contribution in [0.4, 0.5) is 0 Å². The van der Waals surface area contributed by atoms with Gasteiger partial charge in [-0.2, -0.15) is 0 Å². The highest BCUT2D eigenvalue weighted by atomic mass is 35.5. The second-order valence-corrected chi connectivity index (χ2v) is 7.45. The van der Waals surface area contributed by atoms with Crippen LogP contribution in [0.5, 0.6) is 0 Å². The molecule has 2 heterocycles. The molecular weight excluding hydrogens is 344 g/mol. The Morgan fingerprint density at radius 1 is 0.923 bits per heavy atom. The van der Waals surface area contributed by atoms with Gasteiger partial charge in [-0.1, -0.05) is 54.6 Å². The lowest BCUT2D eigenvalue weighted by atomic mass is 9.73. The number of hydrogen-bond acceptors (Lipinski definition) is 2. The number of benzene rings is 2. The molecule has 138 valence electrons. The second-order valence-electron chi connectivity index (χ2n) is 7.45. The van der Waals surface area contributed by atoms with Gasteiger partial charge in [0.2, 0.25) is 5.91 Å². The minimum absolute atomic E-state index is 0. The number of rotatable bonds is 3. The molecule has 2 aliphatic rings. The van der Waals surface area contributed by atoms with Crippen molar-refractivity contribution in [3.05, 3.63) is 60.2 Å². The molecule has 26 heavy (non-hydrogen) atoms. The van der Waals surface area contributed by atoms with Crippen molar-refractivity contribution in [2.24, 2.45) is 5.41 Å². The molecule has 2 aliphatic heterocycles. The first-order chi connectivity index (χ1) is 12.3. The minimum atomic E-state index is -0.138. The number of likely N-dealkylation sites (tertiary alicyclic amines) is 1. The molecule has 2 fully saturated rings. The van der Waals surface area contributed by atoms with Crippen LogP contribution in [0, 0.1) is 5.41 Å². The molecule has 0 aromatic heterocycles. The van der Waals surface area contributed by atoms with E-state index in [1.165, 1.54) is 16.7 Å². The zero-order chi connectivity index (χ0) is 17.1. The Labute approximate surface area is 162 Å². The third kappa shape index (κ3) is 3.79. The minimum Gasteiger partial charge on any atom is -0.338 e. The number of halogens is 1. The van der Waals surface area contributed by atoms with Gasteiger partial charge in [-0.3, -0.25) is 4.79 Å². The average molecular weight is 371 g/mol. The summed E-state index contributed by atoms with van der Waals surface area (Å²) in [6, 6.07) is 19.1. The summed E-state index contributed by atoms with van der Waals surface area (Å²) < 4.78 is 0. The first kappa shape index (κ1) is 18.9. The standard InChI is InChI=1S/C22H26N2O.ClH/c25-21-22(12-4-14-23-17-22)13-5-15-24(21)16-18-8-10-20(11-9-18)19-6-2-1-3-7-19;/h1-3,6-11,23H,4-5,12-17H2;1H. The SMILES string of the molecule is Cl.O=C1N(Cc2ccc(-c3ccccc3)cc2)CCCC12CCCNC2. The molecule has 1 unspecified atom stereocenters. The Morgan fingerprint density at radius 3 is 2.31 bits per heavy atom. The lowest BCUT2D eigenvalue weighted by Crippen LogP contribution is -2.54. The van der Waals surface area contributed by atoms with E-state index >= 15 is 0 Å². The van der Waals surface area contributed by atoms with Crippen molar-refractivity contribution >= 4 is 18.3 Å². The average Bonchev–Trinajstić information content (AvgIpc) is 2.68. The van der Waals surface area contributed by atoms with Gasteiger partial charge in [-0.25, -0.2) is 0 Å². The van der Waals surface area contributed by atoms with Gasteiger partial charge >= 0.3 is 0 Å². The number of piperidine rings is 2. The molecule has 2 saturated heterocycles. The van der Waals surface area contributed by atoms with Gasteiger partial charge in [0.1, 0.15) is 0 Å². The summed E-state index contributed by atoms with van der Waals surface area (Å²) >= 11 is 0. The molecule has 0 bridgehead atoms. The van der Waals surface area contributed by atoms with Crippen LogP contribution in [-0.2, 0) is 11.3 Å². The van der Waals surface area contributed by atoms with Crippen molar-refractivity contribution in [3.8, 4) is 11.1 Å². The van der Waals surface area contributed by atoms with Crippen LogP contribution in [0.2, 0.25) is 0 Å². The lowest BCUT2D eigenvalue weighted by molar-refractivity contribution is -0.148. The summed E-state index contributed by atoms with van der Waals surface area (Å²) in [5.74, 6) is 0.359. The first-order valence-electron chi connectivity index (χ1n) is 9.41. The maximum Gasteiger partial charge on any atom is 0.230 e. The van der Waals surface area contributed by atoms with Gasteiger partial charge in [0.15, 0.2) is 0 Å². The van der Waals surface area contributed by atoms with Crippen LogP contribution >= 0.6 is 12.4 Å². The van der Waals surface area contributed by atoms with Crippen LogP contribution in [0.3, 0.4) is 0 Å². The summed E-state index contributed by atoms with van der Waals surface area (Å²) in [5, 5.41) is 3.44. The Kier molecular flexibility index (Phi) is 6.00. The molecule has 0 aliphatic carbocycles. The van der Waals surface area contributed by atoms with Gasteiger partial charge in [0, 0.05) is 19.6 Å². The van der Waals surface area contributed by atoms with Crippen molar-refractivity contribution in [2.45, 2.75) is 32.2 Å². The molecule has 1 atom stereocenters. The Hall–Kier alpha value is -1.84. The topological polar surface area (TPSA) is 32.3 Å². The highest BCUT2D eigenvalue weighted by Gasteiger charge is 2.44. The fourth-order valence-corrected chi connectivity index (χ4v) is 4.32. The summed E-state index contributed by atoms with van der Waals surface area (Å²) in [7, 11) is 0. The van der Waals surface area contributed by atoms with Gasteiger partial charge < -0.3 is 10.2 Å². The smallest absolute Gasteiger partial charge is 0.230 e. The number of carbonyl (C=O) groups is 1. The van der Waals surface area contributed by atoms with E-state index < -0.39 is 0 Å². The van der Waals surface area contributed by atoms with E-state index in [1.807, 2.05) is 6.07 Å². The quantitative estimate of drug-likeness (QED) is 0.875. The van der Waals surface area contributed by atoms with Crippen LogP contribution in [0.25, 0.3) is 11.1 Å². The highest BCUT2D eigenvalue weighted by Crippen LogP contribution is 2.37. The third-order valence-corrected chi connectivity index (χ3v) is 5.73. The van der Waals surface area contributed by atoms with E-state index in [-0.39, 0.29) is 17.8 Å². The molecule has 2 aromatic rings. The summed E-state index contributed by atoms with van der Waals surface area (Å²) in [6.45, 7) is 3.53. The number of carbonyl (C=O) groups excluding carboxylic acids is 1. The molecule has 0 saturated carbocycles. The van der Waals surface area contributed by atoms with E-state index in [2.05, 4.69) is 58.7 Å². The third-order valence-electron chi connectivity index (χ3n) is 5.73. The molecular formula is C22H27ClN2O. The predicted molar refractivity (Wildman–Crippen MR) is 108 cm³/mol. The van der Waals surface area contributed by atoms with Crippen molar-refractivity contribution < 1.29 is 4.79 Å². The Bertz CT molecular complexity index is 718. The molecule has 3 nitrogen and oxygen atoms in total. The molecule has 0 radical (unpaired) electrons. The largest absolute Gasteiger partial charge is 0.338 e. The molecule has 4 rings (SSSR count). The van der Waals surface area contributed by atoms with Gasteiger partial charge in [0.25, 0.3) is 0 Å². The maximum atomic E-state index is 13.1. The zero-order valence-electron chi connectivity index (χ0n) is 15.1. The van der Waals surface area contributed by atoms with Crippen LogP contribution in [0.15, 0.2) is 54.6 Å². The van der Waals surface area contributed by atoms with Crippen LogP contribution in [-0.4, -0.2) is 30.4 Å². The fourth-order valence-electron chi connectivity index (χ4n) is 4.32. The number of nitrogens with zero attached hydrogens (tertiary/aromatic N) is 1. The second kappa shape index (κ2) is 8.24. The molecule has 1 amide bonds. The number of amides is 1. The van der Waals surface area contributed by atoms with Gasteiger partial charge in [-0.05, 0) is 48.9 Å². The normalized spacial score (nSPS) is 22.9. The molecule has 2 aromatic carbocycles. The highest BCUT2D eigenvalue weighted by molar-refractivity contribution is 5.85. The molecule has 4 heteroatoms. The van der Waals surface area contributed by atoms with E-state index in [4.69, 9.17) is 0 Å². The molecule has 1 spiro atoms. The number of hydrogen-bond donors (Lipinski definition) is 1. The van der Waals surface area contributed by atoms with Crippen molar-refractivity contribution in [1.82, 2.24) is 10.2 Å². The summed E-state index contributed by atoms with van der Waals surface area (Å²) in [4.78, 5) is 15.2.